The number of carbonyl (C=O) groups excluding carboxylic acids is 1. The van der Waals surface area contributed by atoms with Crippen LogP contribution in [0, 0.1) is 5.92 Å². The molecule has 28 heavy (non-hydrogen) atoms. The Labute approximate surface area is 168 Å². The molecule has 4 rings (SSSR count). The maximum atomic E-state index is 13.5. The van der Waals surface area contributed by atoms with Crippen LogP contribution in [0.3, 0.4) is 0 Å². The van der Waals surface area contributed by atoms with Crippen molar-refractivity contribution in [2.45, 2.75) is 18.8 Å². The van der Waals surface area contributed by atoms with Crippen LogP contribution in [0.25, 0.3) is 0 Å². The van der Waals surface area contributed by atoms with E-state index in [4.69, 9.17) is 4.74 Å². The van der Waals surface area contributed by atoms with Crippen LogP contribution in [0.15, 0.2) is 60.7 Å². The average Bonchev–Trinajstić information content (AvgIpc) is 2.77. The van der Waals surface area contributed by atoms with Crippen molar-refractivity contribution in [3.8, 4) is 0 Å². The van der Waals surface area contributed by atoms with Crippen LogP contribution in [0.1, 0.15) is 29.9 Å². The van der Waals surface area contributed by atoms with Crippen molar-refractivity contribution < 1.29 is 9.53 Å². The summed E-state index contributed by atoms with van der Waals surface area (Å²) in [6.07, 6.45) is 2.19. The van der Waals surface area contributed by atoms with Gasteiger partial charge >= 0.3 is 0 Å². The summed E-state index contributed by atoms with van der Waals surface area (Å²) in [7, 11) is 0. The van der Waals surface area contributed by atoms with Gasteiger partial charge in [-0.3, -0.25) is 9.69 Å². The smallest absolute Gasteiger partial charge is 0.234 e. The van der Waals surface area contributed by atoms with Crippen molar-refractivity contribution in [3.63, 3.8) is 0 Å². The Morgan fingerprint density at radius 1 is 0.857 bits per heavy atom. The normalized spacial score (nSPS) is 19.1. The van der Waals surface area contributed by atoms with E-state index in [1.165, 1.54) is 0 Å². The highest BCUT2D eigenvalue weighted by Crippen LogP contribution is 2.29. The summed E-state index contributed by atoms with van der Waals surface area (Å²) in [4.78, 5) is 18.1. The zero-order chi connectivity index (χ0) is 19.2. The van der Waals surface area contributed by atoms with Gasteiger partial charge in [0.05, 0.1) is 19.1 Å². The quantitative estimate of drug-likeness (QED) is 0.800. The van der Waals surface area contributed by atoms with Crippen LogP contribution in [0.5, 0.6) is 0 Å². The molecule has 2 heterocycles. The molecule has 0 spiro atoms. The molecule has 0 unspecified atom stereocenters. The molecule has 2 saturated heterocycles. The second-order valence-corrected chi connectivity index (χ2v) is 7.94. The van der Waals surface area contributed by atoms with Crippen LogP contribution < -0.4 is 0 Å². The van der Waals surface area contributed by atoms with E-state index in [0.717, 1.165) is 69.9 Å². The first kappa shape index (κ1) is 19.2. The third kappa shape index (κ3) is 4.62. The summed E-state index contributed by atoms with van der Waals surface area (Å²) in [6, 6.07) is 20.4. The van der Waals surface area contributed by atoms with E-state index in [1.54, 1.807) is 0 Å². The standard InChI is InChI=1S/C24H30N2O2/c27-24(23(21-7-3-1-4-8-21)22-9-5-2-6-10-22)26-13-11-20(12-14-26)19-25-15-17-28-18-16-25/h1-10,20,23H,11-19H2. The minimum atomic E-state index is -0.210. The average molecular weight is 379 g/mol. The van der Waals surface area contributed by atoms with Crippen LogP contribution in [-0.4, -0.2) is 61.6 Å². The summed E-state index contributed by atoms with van der Waals surface area (Å²) in [5, 5.41) is 0. The third-order valence-electron chi connectivity index (χ3n) is 6.06. The zero-order valence-electron chi connectivity index (χ0n) is 16.5. The lowest BCUT2D eigenvalue weighted by molar-refractivity contribution is -0.133. The first-order chi connectivity index (χ1) is 13.8. The van der Waals surface area contributed by atoms with Crippen LogP contribution in [-0.2, 0) is 9.53 Å². The largest absolute Gasteiger partial charge is 0.379 e. The number of carbonyl (C=O) groups is 1. The number of benzene rings is 2. The Balaban J connectivity index is 1.42. The van der Waals surface area contributed by atoms with Gasteiger partial charge in [0.2, 0.25) is 5.91 Å². The fraction of sp³-hybridized carbons (Fsp3) is 0.458. The van der Waals surface area contributed by atoms with Crippen LogP contribution >= 0.6 is 0 Å². The lowest BCUT2D eigenvalue weighted by atomic mass is 9.88. The van der Waals surface area contributed by atoms with E-state index in [-0.39, 0.29) is 11.8 Å². The van der Waals surface area contributed by atoms with Crippen LogP contribution in [0.4, 0.5) is 0 Å². The van der Waals surface area contributed by atoms with Gasteiger partial charge in [-0.05, 0) is 29.9 Å². The molecule has 1 amide bonds. The molecule has 0 bridgehead atoms. The second-order valence-electron chi connectivity index (χ2n) is 7.94. The number of hydrogen-bond donors (Lipinski definition) is 0. The fourth-order valence-electron chi connectivity index (χ4n) is 4.44. The summed E-state index contributed by atoms with van der Waals surface area (Å²) in [5.74, 6) is 0.717. The molecule has 2 aliphatic rings. The van der Waals surface area contributed by atoms with Crippen molar-refractivity contribution in [3.05, 3.63) is 71.8 Å². The number of likely N-dealkylation sites (tertiary alicyclic amines) is 1. The molecule has 2 fully saturated rings. The number of nitrogens with zero attached hydrogens (tertiary/aromatic N) is 2. The van der Waals surface area contributed by atoms with Gasteiger partial charge in [0, 0.05) is 32.7 Å². The molecule has 4 heteroatoms. The van der Waals surface area contributed by atoms with Gasteiger partial charge in [0.1, 0.15) is 0 Å². The van der Waals surface area contributed by atoms with Gasteiger partial charge in [0.15, 0.2) is 0 Å². The van der Waals surface area contributed by atoms with Crippen molar-refractivity contribution in [1.82, 2.24) is 9.80 Å². The molecule has 4 nitrogen and oxygen atoms in total. The van der Waals surface area contributed by atoms with Crippen molar-refractivity contribution >= 4 is 5.91 Å². The monoisotopic (exact) mass is 378 g/mol. The van der Waals surface area contributed by atoms with Crippen molar-refractivity contribution in [1.29, 1.82) is 0 Å². The SMILES string of the molecule is O=C(C(c1ccccc1)c1ccccc1)N1CCC(CN2CCOCC2)CC1. The first-order valence-corrected chi connectivity index (χ1v) is 10.5. The molecule has 0 saturated carbocycles. The third-order valence-corrected chi connectivity index (χ3v) is 6.06. The summed E-state index contributed by atoms with van der Waals surface area (Å²) < 4.78 is 5.45. The number of ether oxygens (including phenoxy) is 1. The Bertz CT molecular complexity index is 696. The molecule has 0 radical (unpaired) electrons. The highest BCUT2D eigenvalue weighted by Gasteiger charge is 2.31. The lowest BCUT2D eigenvalue weighted by Crippen LogP contribution is -2.45. The van der Waals surface area contributed by atoms with Gasteiger partial charge in [0.25, 0.3) is 0 Å². The summed E-state index contributed by atoms with van der Waals surface area (Å²) in [6.45, 7) is 6.67. The Kier molecular flexibility index (Phi) is 6.40. The van der Waals surface area contributed by atoms with E-state index >= 15 is 0 Å². The molecule has 0 N–H and O–H groups in total. The minimum absolute atomic E-state index is 0.210. The van der Waals surface area contributed by atoms with Crippen molar-refractivity contribution in [2.75, 3.05) is 45.9 Å². The van der Waals surface area contributed by atoms with Gasteiger partial charge in [-0.15, -0.1) is 0 Å². The molecular formula is C24H30N2O2. The second kappa shape index (κ2) is 9.35. The fourth-order valence-corrected chi connectivity index (χ4v) is 4.44. The molecule has 2 aliphatic heterocycles. The Morgan fingerprint density at radius 2 is 1.39 bits per heavy atom. The van der Waals surface area contributed by atoms with Crippen molar-refractivity contribution in [2.24, 2.45) is 5.92 Å². The minimum Gasteiger partial charge on any atom is -0.379 e. The predicted octanol–water partition coefficient (Wildman–Crippen LogP) is 3.39. The zero-order valence-corrected chi connectivity index (χ0v) is 16.5. The summed E-state index contributed by atoms with van der Waals surface area (Å²) in [5.41, 5.74) is 2.16. The Hall–Kier alpha value is -2.17. The van der Waals surface area contributed by atoms with Gasteiger partial charge < -0.3 is 9.64 Å². The topological polar surface area (TPSA) is 32.8 Å². The number of piperidine rings is 1. The van der Waals surface area contributed by atoms with E-state index in [1.807, 2.05) is 36.4 Å². The highest BCUT2D eigenvalue weighted by atomic mass is 16.5. The van der Waals surface area contributed by atoms with Gasteiger partial charge in [-0.1, -0.05) is 60.7 Å². The molecule has 0 aliphatic carbocycles. The van der Waals surface area contributed by atoms with E-state index in [0.29, 0.717) is 5.92 Å². The molecule has 2 aromatic rings. The molecular weight excluding hydrogens is 348 g/mol. The van der Waals surface area contributed by atoms with E-state index < -0.39 is 0 Å². The maximum absolute atomic E-state index is 13.5. The number of amides is 1. The first-order valence-electron chi connectivity index (χ1n) is 10.5. The number of hydrogen-bond acceptors (Lipinski definition) is 3. The summed E-state index contributed by atoms with van der Waals surface area (Å²) >= 11 is 0. The van der Waals surface area contributed by atoms with Crippen LogP contribution in [0.2, 0.25) is 0 Å². The predicted molar refractivity (Wildman–Crippen MR) is 111 cm³/mol. The van der Waals surface area contributed by atoms with Gasteiger partial charge in [-0.2, -0.15) is 0 Å². The number of morpholine rings is 1. The maximum Gasteiger partial charge on any atom is 0.234 e. The number of rotatable bonds is 5. The lowest BCUT2D eigenvalue weighted by Gasteiger charge is -2.37. The molecule has 0 aromatic heterocycles. The molecule has 2 aromatic carbocycles. The molecule has 0 atom stereocenters. The molecule has 148 valence electrons. The highest BCUT2D eigenvalue weighted by molar-refractivity contribution is 5.87. The van der Waals surface area contributed by atoms with E-state index in [9.17, 15) is 4.79 Å². The Morgan fingerprint density at radius 3 is 1.93 bits per heavy atom. The van der Waals surface area contributed by atoms with Gasteiger partial charge in [-0.25, -0.2) is 0 Å². The van der Waals surface area contributed by atoms with E-state index in [2.05, 4.69) is 34.1 Å².